The van der Waals surface area contributed by atoms with Crippen LogP contribution in [0.5, 0.6) is 5.75 Å². The Morgan fingerprint density at radius 3 is 2.48 bits per heavy atom. The molecule has 1 heterocycles. The Morgan fingerprint density at radius 2 is 1.77 bits per heavy atom. The van der Waals surface area contributed by atoms with Gasteiger partial charge < -0.3 is 14.5 Å². The van der Waals surface area contributed by atoms with E-state index in [1.54, 1.807) is 4.90 Å². The molecule has 31 heavy (non-hydrogen) atoms. The Balaban J connectivity index is 1.45. The molecule has 166 valence electrons. The summed E-state index contributed by atoms with van der Waals surface area (Å²) in [4.78, 5) is 19.0. The van der Waals surface area contributed by atoms with Gasteiger partial charge in [-0.05, 0) is 50.7 Å². The van der Waals surface area contributed by atoms with Gasteiger partial charge in [-0.15, -0.1) is 0 Å². The Morgan fingerprint density at radius 1 is 1.03 bits per heavy atom. The lowest BCUT2D eigenvalue weighted by molar-refractivity contribution is 0.0784. The predicted molar refractivity (Wildman–Crippen MR) is 128 cm³/mol. The number of benzene rings is 2. The van der Waals surface area contributed by atoms with E-state index in [2.05, 4.69) is 46.2 Å². The Labute approximate surface area is 186 Å². The van der Waals surface area contributed by atoms with Crippen molar-refractivity contribution in [3.05, 3.63) is 71.8 Å². The lowest BCUT2D eigenvalue weighted by atomic mass is 10.1. The molecule has 0 N–H and O–H groups in total. The van der Waals surface area contributed by atoms with Gasteiger partial charge in [-0.1, -0.05) is 48.6 Å². The molecule has 2 aromatic rings. The lowest BCUT2D eigenvalue weighted by Crippen LogP contribution is -2.38. The van der Waals surface area contributed by atoms with Gasteiger partial charge in [-0.3, -0.25) is 9.69 Å². The van der Waals surface area contributed by atoms with Crippen LogP contribution in [0, 0.1) is 0 Å². The van der Waals surface area contributed by atoms with Gasteiger partial charge in [0, 0.05) is 45.3 Å². The van der Waals surface area contributed by atoms with Gasteiger partial charge in [0.25, 0.3) is 5.91 Å². The van der Waals surface area contributed by atoms with Crippen LogP contribution in [0.4, 0.5) is 0 Å². The molecule has 0 aromatic heterocycles. The fraction of sp³-hybridized carbons (Fsp3) is 0.423. The summed E-state index contributed by atoms with van der Waals surface area (Å²) in [5.41, 5.74) is 1.92. The zero-order valence-electron chi connectivity index (χ0n) is 19.0. The van der Waals surface area contributed by atoms with Crippen LogP contribution >= 0.6 is 0 Å². The SMILES string of the molecule is CN(C)CCN(C)C(=O)c1cccc(OC2CCN(C/C=C/c3ccccc3)CC2)c1. The first kappa shape index (κ1) is 23.0. The summed E-state index contributed by atoms with van der Waals surface area (Å²) in [5, 5.41) is 0. The number of likely N-dealkylation sites (tertiary alicyclic amines) is 1. The van der Waals surface area contributed by atoms with Crippen molar-refractivity contribution in [3.8, 4) is 5.75 Å². The second-order valence-corrected chi connectivity index (χ2v) is 8.49. The van der Waals surface area contributed by atoms with E-state index in [4.69, 9.17) is 4.74 Å². The molecular formula is C26H35N3O2. The van der Waals surface area contributed by atoms with E-state index < -0.39 is 0 Å². The third-order valence-electron chi connectivity index (χ3n) is 5.62. The topological polar surface area (TPSA) is 36.0 Å². The second kappa shape index (κ2) is 11.7. The highest BCUT2D eigenvalue weighted by molar-refractivity contribution is 5.94. The molecule has 0 unspecified atom stereocenters. The van der Waals surface area contributed by atoms with Crippen molar-refractivity contribution in [2.45, 2.75) is 18.9 Å². The first-order valence-corrected chi connectivity index (χ1v) is 11.1. The number of piperidine rings is 1. The molecule has 0 bridgehead atoms. The van der Waals surface area contributed by atoms with Crippen molar-refractivity contribution in [1.29, 1.82) is 0 Å². The molecule has 1 aliphatic heterocycles. The predicted octanol–water partition coefficient (Wildman–Crippen LogP) is 3.88. The second-order valence-electron chi connectivity index (χ2n) is 8.49. The quantitative estimate of drug-likeness (QED) is 0.616. The maximum Gasteiger partial charge on any atom is 0.253 e. The van der Waals surface area contributed by atoms with E-state index >= 15 is 0 Å². The van der Waals surface area contributed by atoms with E-state index in [9.17, 15) is 4.79 Å². The molecule has 1 fully saturated rings. The van der Waals surface area contributed by atoms with Crippen LogP contribution < -0.4 is 4.74 Å². The van der Waals surface area contributed by atoms with E-state index in [-0.39, 0.29) is 12.0 Å². The highest BCUT2D eigenvalue weighted by Crippen LogP contribution is 2.21. The fourth-order valence-electron chi connectivity index (χ4n) is 3.68. The van der Waals surface area contributed by atoms with Gasteiger partial charge >= 0.3 is 0 Å². The molecule has 0 spiro atoms. The molecule has 0 atom stereocenters. The van der Waals surface area contributed by atoms with Gasteiger partial charge in [0.1, 0.15) is 11.9 Å². The summed E-state index contributed by atoms with van der Waals surface area (Å²) in [5.74, 6) is 0.821. The van der Waals surface area contributed by atoms with Gasteiger partial charge in [0.2, 0.25) is 0 Å². The smallest absolute Gasteiger partial charge is 0.253 e. The summed E-state index contributed by atoms with van der Waals surface area (Å²) in [6.07, 6.45) is 6.62. The van der Waals surface area contributed by atoms with Crippen LogP contribution in [0.25, 0.3) is 6.08 Å². The third-order valence-corrected chi connectivity index (χ3v) is 5.62. The van der Waals surface area contributed by atoms with Crippen molar-refractivity contribution in [3.63, 3.8) is 0 Å². The molecule has 5 nitrogen and oxygen atoms in total. The van der Waals surface area contributed by atoms with E-state index in [0.717, 1.165) is 44.8 Å². The third kappa shape index (κ3) is 7.53. The van der Waals surface area contributed by atoms with Crippen LogP contribution in [-0.2, 0) is 0 Å². The number of carbonyl (C=O) groups excluding carboxylic acids is 1. The summed E-state index contributed by atoms with van der Waals surface area (Å²) in [7, 11) is 5.87. The Kier molecular flexibility index (Phi) is 8.68. The van der Waals surface area contributed by atoms with E-state index in [0.29, 0.717) is 12.1 Å². The number of hydrogen-bond acceptors (Lipinski definition) is 4. The number of likely N-dealkylation sites (N-methyl/N-ethyl adjacent to an activating group) is 2. The molecule has 3 rings (SSSR count). The van der Waals surface area contributed by atoms with Crippen molar-refractivity contribution in [1.82, 2.24) is 14.7 Å². The normalized spacial score (nSPS) is 15.5. The van der Waals surface area contributed by atoms with Crippen molar-refractivity contribution < 1.29 is 9.53 Å². The van der Waals surface area contributed by atoms with Crippen molar-refractivity contribution >= 4 is 12.0 Å². The molecule has 0 radical (unpaired) electrons. The molecule has 0 aliphatic carbocycles. The number of ether oxygens (including phenoxy) is 1. The minimum Gasteiger partial charge on any atom is -0.490 e. The lowest BCUT2D eigenvalue weighted by Gasteiger charge is -2.31. The number of amides is 1. The largest absolute Gasteiger partial charge is 0.490 e. The number of rotatable bonds is 9. The van der Waals surface area contributed by atoms with Gasteiger partial charge in [0.05, 0.1) is 0 Å². The van der Waals surface area contributed by atoms with Crippen LogP contribution in [-0.4, -0.2) is 80.6 Å². The van der Waals surface area contributed by atoms with Crippen LogP contribution in [0.3, 0.4) is 0 Å². The zero-order chi connectivity index (χ0) is 22.1. The molecule has 1 aliphatic rings. The molecular weight excluding hydrogens is 386 g/mol. The van der Waals surface area contributed by atoms with Crippen molar-refractivity contribution in [2.24, 2.45) is 0 Å². The highest BCUT2D eigenvalue weighted by Gasteiger charge is 2.20. The summed E-state index contributed by atoms with van der Waals surface area (Å²) in [6.45, 7) is 4.56. The summed E-state index contributed by atoms with van der Waals surface area (Å²) in [6, 6.07) is 18.0. The first-order valence-electron chi connectivity index (χ1n) is 11.1. The summed E-state index contributed by atoms with van der Waals surface area (Å²) >= 11 is 0. The highest BCUT2D eigenvalue weighted by atomic mass is 16.5. The molecule has 5 heteroatoms. The maximum absolute atomic E-state index is 12.7. The van der Waals surface area contributed by atoms with Gasteiger partial charge in [0.15, 0.2) is 0 Å². The summed E-state index contributed by atoms with van der Waals surface area (Å²) < 4.78 is 6.22. The average molecular weight is 422 g/mol. The van der Waals surface area contributed by atoms with Crippen LogP contribution in [0.2, 0.25) is 0 Å². The first-order chi connectivity index (χ1) is 15.0. The minimum absolute atomic E-state index is 0.0346. The molecule has 2 aromatic carbocycles. The number of nitrogens with zero attached hydrogens (tertiary/aromatic N) is 3. The van der Waals surface area contributed by atoms with E-state index in [1.165, 1.54) is 5.56 Å². The molecule has 1 saturated heterocycles. The van der Waals surface area contributed by atoms with Gasteiger partial charge in [-0.25, -0.2) is 0 Å². The molecule has 0 saturated carbocycles. The molecule has 1 amide bonds. The zero-order valence-corrected chi connectivity index (χ0v) is 19.0. The van der Waals surface area contributed by atoms with Crippen LogP contribution in [0.15, 0.2) is 60.7 Å². The number of carbonyl (C=O) groups is 1. The standard InChI is InChI=1S/C26H35N3O2/c1-27(2)19-20-28(3)26(30)23-12-7-13-25(21-23)31-24-14-17-29(18-15-24)16-8-11-22-9-5-4-6-10-22/h4-13,21,24H,14-20H2,1-3H3/b11-8+. The Hall–Kier alpha value is -2.63. The maximum atomic E-state index is 12.7. The Bertz CT molecular complexity index is 843. The fourth-order valence-corrected chi connectivity index (χ4v) is 3.68. The van der Waals surface area contributed by atoms with Crippen molar-refractivity contribution in [2.75, 3.05) is 53.9 Å². The monoisotopic (exact) mass is 421 g/mol. The van der Waals surface area contributed by atoms with E-state index in [1.807, 2.05) is 51.5 Å². The average Bonchev–Trinajstić information content (AvgIpc) is 2.79. The van der Waals surface area contributed by atoms with Crippen LogP contribution in [0.1, 0.15) is 28.8 Å². The number of hydrogen-bond donors (Lipinski definition) is 0. The van der Waals surface area contributed by atoms with Gasteiger partial charge in [-0.2, -0.15) is 0 Å². The minimum atomic E-state index is 0.0346.